The van der Waals surface area contributed by atoms with Crippen molar-refractivity contribution < 1.29 is 0 Å². The van der Waals surface area contributed by atoms with Crippen LogP contribution in [0.5, 0.6) is 0 Å². The van der Waals surface area contributed by atoms with E-state index < -0.39 is 0 Å². The van der Waals surface area contributed by atoms with Crippen molar-refractivity contribution in [1.82, 2.24) is 9.97 Å². The third-order valence-electron chi connectivity index (χ3n) is 6.50. The van der Waals surface area contributed by atoms with Crippen LogP contribution in [0.4, 0.5) is 0 Å². The fourth-order valence-electron chi connectivity index (χ4n) is 6.11. The Bertz CT molecular complexity index is 455. The van der Waals surface area contributed by atoms with Crippen LogP contribution in [0, 0.1) is 17.8 Å². The molecule has 1 heterocycles. The molecule has 0 aromatic carbocycles. The molecule has 4 fully saturated rings. The molecular formula is C17H24N2. The third kappa shape index (κ3) is 1.52. The molecule has 0 spiro atoms. The summed E-state index contributed by atoms with van der Waals surface area (Å²) >= 11 is 0. The molecule has 5 aliphatic carbocycles. The van der Waals surface area contributed by atoms with Gasteiger partial charge in [0.05, 0.1) is 5.69 Å². The molecule has 1 aromatic heterocycles. The quantitative estimate of drug-likeness (QED) is 0.814. The van der Waals surface area contributed by atoms with E-state index >= 15 is 0 Å². The molecule has 102 valence electrons. The summed E-state index contributed by atoms with van der Waals surface area (Å²) in [6.45, 7) is 0. The predicted molar refractivity (Wildman–Crippen MR) is 75.1 cm³/mol. The lowest BCUT2D eigenvalue weighted by atomic mass is 9.49. The van der Waals surface area contributed by atoms with E-state index in [9.17, 15) is 0 Å². The van der Waals surface area contributed by atoms with Gasteiger partial charge in [-0.3, -0.25) is 0 Å². The highest BCUT2D eigenvalue weighted by molar-refractivity contribution is 5.25. The number of hydrogen-bond donors (Lipinski definition) is 1. The van der Waals surface area contributed by atoms with E-state index in [2.05, 4.69) is 4.98 Å². The lowest BCUT2D eigenvalue weighted by Gasteiger charge is -2.56. The van der Waals surface area contributed by atoms with Gasteiger partial charge in [0.15, 0.2) is 0 Å². The van der Waals surface area contributed by atoms with Crippen molar-refractivity contribution in [1.29, 1.82) is 0 Å². The summed E-state index contributed by atoms with van der Waals surface area (Å²) in [6, 6.07) is 0. The standard InChI is InChI=1S/C17H24N2/c1-2-4-15-14(3-1)18-16(19-15)17-8-11-5-12(9-17)7-13(6-11)10-17/h11-13H,1-10H2,(H,18,19). The average molecular weight is 256 g/mol. The van der Waals surface area contributed by atoms with Gasteiger partial charge in [-0.1, -0.05) is 0 Å². The predicted octanol–water partition coefficient (Wildman–Crippen LogP) is 3.76. The summed E-state index contributed by atoms with van der Waals surface area (Å²) in [5, 5.41) is 0. The maximum atomic E-state index is 5.09. The molecule has 0 aliphatic heterocycles. The largest absolute Gasteiger partial charge is 0.345 e. The molecule has 2 nitrogen and oxygen atoms in total. The van der Waals surface area contributed by atoms with Crippen LogP contribution < -0.4 is 0 Å². The van der Waals surface area contributed by atoms with Gasteiger partial charge in [0.25, 0.3) is 0 Å². The minimum absolute atomic E-state index is 0.464. The second-order valence-electron chi connectivity index (χ2n) is 7.92. The number of aromatic amines is 1. The van der Waals surface area contributed by atoms with Gasteiger partial charge in [0, 0.05) is 11.1 Å². The minimum atomic E-state index is 0.464. The molecule has 19 heavy (non-hydrogen) atoms. The molecule has 1 aromatic rings. The van der Waals surface area contributed by atoms with Crippen LogP contribution in [-0.2, 0) is 18.3 Å². The number of fused-ring (bicyclic) bond motifs is 1. The Hall–Kier alpha value is -0.790. The summed E-state index contributed by atoms with van der Waals surface area (Å²) < 4.78 is 0. The number of rotatable bonds is 1. The molecule has 0 radical (unpaired) electrons. The number of aryl methyl sites for hydroxylation is 2. The Morgan fingerprint density at radius 3 is 2.16 bits per heavy atom. The number of nitrogens with one attached hydrogen (secondary N) is 1. The van der Waals surface area contributed by atoms with Gasteiger partial charge in [-0.2, -0.15) is 0 Å². The van der Waals surface area contributed by atoms with Crippen LogP contribution in [0.15, 0.2) is 0 Å². The van der Waals surface area contributed by atoms with E-state index in [0.717, 1.165) is 17.8 Å². The minimum Gasteiger partial charge on any atom is -0.345 e. The van der Waals surface area contributed by atoms with Gasteiger partial charge in [-0.25, -0.2) is 4.98 Å². The highest BCUT2D eigenvalue weighted by atomic mass is 15.0. The van der Waals surface area contributed by atoms with Crippen LogP contribution in [0.3, 0.4) is 0 Å². The number of H-pyrrole nitrogens is 1. The molecule has 2 heteroatoms. The zero-order valence-corrected chi connectivity index (χ0v) is 11.8. The van der Waals surface area contributed by atoms with Crippen molar-refractivity contribution in [2.24, 2.45) is 17.8 Å². The van der Waals surface area contributed by atoms with Gasteiger partial charge >= 0.3 is 0 Å². The van der Waals surface area contributed by atoms with Crippen molar-refractivity contribution in [3.63, 3.8) is 0 Å². The van der Waals surface area contributed by atoms with Crippen molar-refractivity contribution in [3.8, 4) is 0 Å². The summed E-state index contributed by atoms with van der Waals surface area (Å²) in [6.07, 6.45) is 14.1. The lowest BCUT2D eigenvalue weighted by molar-refractivity contribution is -0.00908. The van der Waals surface area contributed by atoms with Crippen LogP contribution in [0.25, 0.3) is 0 Å². The normalized spacial score (nSPS) is 43.5. The summed E-state index contributed by atoms with van der Waals surface area (Å²) in [4.78, 5) is 8.86. The first-order valence-electron chi connectivity index (χ1n) is 8.39. The van der Waals surface area contributed by atoms with Crippen LogP contribution in [0.1, 0.15) is 68.6 Å². The van der Waals surface area contributed by atoms with Crippen molar-refractivity contribution in [3.05, 3.63) is 17.2 Å². The van der Waals surface area contributed by atoms with E-state index in [0.29, 0.717) is 5.41 Å². The first-order chi connectivity index (χ1) is 9.31. The van der Waals surface area contributed by atoms with Crippen LogP contribution in [0.2, 0.25) is 0 Å². The van der Waals surface area contributed by atoms with E-state index in [4.69, 9.17) is 4.98 Å². The van der Waals surface area contributed by atoms with Crippen molar-refractivity contribution in [2.75, 3.05) is 0 Å². The van der Waals surface area contributed by atoms with E-state index in [-0.39, 0.29) is 0 Å². The summed E-state index contributed by atoms with van der Waals surface area (Å²) in [5.41, 5.74) is 3.36. The molecule has 1 N–H and O–H groups in total. The molecule has 4 saturated carbocycles. The van der Waals surface area contributed by atoms with Gasteiger partial charge in [-0.15, -0.1) is 0 Å². The maximum Gasteiger partial charge on any atom is 0.112 e. The second-order valence-corrected chi connectivity index (χ2v) is 7.92. The first kappa shape index (κ1) is 10.9. The molecular weight excluding hydrogens is 232 g/mol. The molecule has 0 unspecified atom stereocenters. The number of nitrogens with zero attached hydrogens (tertiary/aromatic N) is 1. The molecule has 4 bridgehead atoms. The Labute approximate surface area is 115 Å². The monoisotopic (exact) mass is 256 g/mol. The van der Waals surface area contributed by atoms with E-state index in [1.54, 1.807) is 0 Å². The van der Waals surface area contributed by atoms with E-state index in [1.165, 1.54) is 81.4 Å². The smallest absolute Gasteiger partial charge is 0.112 e. The van der Waals surface area contributed by atoms with Gasteiger partial charge in [0.1, 0.15) is 5.82 Å². The van der Waals surface area contributed by atoms with Gasteiger partial charge in [-0.05, 0) is 82.0 Å². The number of imidazole rings is 1. The highest BCUT2D eigenvalue weighted by Crippen LogP contribution is 2.60. The van der Waals surface area contributed by atoms with Gasteiger partial charge in [0.2, 0.25) is 0 Å². The molecule has 6 rings (SSSR count). The molecule has 0 atom stereocenters. The topological polar surface area (TPSA) is 28.7 Å². The number of hydrogen-bond acceptors (Lipinski definition) is 1. The molecule has 0 amide bonds. The molecule has 0 saturated heterocycles. The number of aromatic nitrogens is 2. The maximum absolute atomic E-state index is 5.09. The first-order valence-corrected chi connectivity index (χ1v) is 8.39. The zero-order valence-electron chi connectivity index (χ0n) is 11.8. The van der Waals surface area contributed by atoms with E-state index in [1.807, 2.05) is 0 Å². The average Bonchev–Trinajstić information content (AvgIpc) is 2.81. The SMILES string of the molecule is C1CCc2[nH]c(C34CC5CC(CC(C5)C3)C4)nc2C1. The Kier molecular flexibility index (Phi) is 2.10. The lowest BCUT2D eigenvalue weighted by Crippen LogP contribution is -2.49. The molecule has 5 aliphatic rings. The van der Waals surface area contributed by atoms with Crippen molar-refractivity contribution >= 4 is 0 Å². The van der Waals surface area contributed by atoms with Crippen LogP contribution in [-0.4, -0.2) is 9.97 Å². The Balaban J connectivity index is 1.56. The Morgan fingerprint density at radius 1 is 0.895 bits per heavy atom. The van der Waals surface area contributed by atoms with Crippen LogP contribution >= 0.6 is 0 Å². The Morgan fingerprint density at radius 2 is 1.53 bits per heavy atom. The second kappa shape index (κ2) is 3.65. The zero-order chi connectivity index (χ0) is 12.4. The highest BCUT2D eigenvalue weighted by Gasteiger charge is 2.53. The summed E-state index contributed by atoms with van der Waals surface area (Å²) in [5.74, 6) is 4.47. The van der Waals surface area contributed by atoms with Crippen molar-refractivity contribution in [2.45, 2.75) is 69.6 Å². The summed E-state index contributed by atoms with van der Waals surface area (Å²) in [7, 11) is 0. The third-order valence-corrected chi connectivity index (χ3v) is 6.50. The fourth-order valence-corrected chi connectivity index (χ4v) is 6.11. The van der Waals surface area contributed by atoms with Gasteiger partial charge < -0.3 is 4.98 Å². The fraction of sp³-hybridized carbons (Fsp3) is 0.824.